The summed E-state index contributed by atoms with van der Waals surface area (Å²) in [6.07, 6.45) is -4.56. The number of alkyl halides is 3. The Balaban J connectivity index is 2.26. The Morgan fingerprint density at radius 2 is 2.11 bits per heavy atom. The first kappa shape index (κ1) is 13.3. The largest absolute Gasteiger partial charge is 0.573 e. The minimum Gasteiger partial charge on any atom is -0.406 e. The van der Waals surface area contributed by atoms with Gasteiger partial charge >= 0.3 is 6.36 Å². The minimum absolute atomic E-state index is 0.257. The highest BCUT2D eigenvalue weighted by Gasteiger charge is 2.31. The van der Waals surface area contributed by atoms with Crippen molar-refractivity contribution in [3.63, 3.8) is 0 Å². The number of aryl methyl sites for hydroxylation is 1. The van der Waals surface area contributed by atoms with Gasteiger partial charge in [-0.2, -0.15) is 0 Å². The van der Waals surface area contributed by atoms with Crippen molar-refractivity contribution in [2.75, 3.05) is 0 Å². The van der Waals surface area contributed by atoms with Crippen LogP contribution in [0.2, 0.25) is 0 Å². The van der Waals surface area contributed by atoms with Crippen molar-refractivity contribution in [3.05, 3.63) is 41.7 Å². The van der Waals surface area contributed by atoms with Crippen LogP contribution in [0.5, 0.6) is 5.75 Å². The number of aliphatic hydroxyl groups is 1. The van der Waals surface area contributed by atoms with Crippen LogP contribution in [-0.2, 0) is 7.05 Å². The summed E-state index contributed by atoms with van der Waals surface area (Å²) in [6.45, 7) is 0. The fraction of sp³-hybridized carbons (Fsp3) is 0.273. The highest BCUT2D eigenvalue weighted by Crippen LogP contribution is 2.27. The smallest absolute Gasteiger partial charge is 0.406 e. The summed E-state index contributed by atoms with van der Waals surface area (Å²) in [7, 11) is 1.57. The molecule has 1 heterocycles. The summed E-state index contributed by atoms with van der Waals surface area (Å²) < 4.78 is 41.4. The Hall–Kier alpha value is -2.09. The van der Waals surface area contributed by atoms with E-state index in [1.807, 2.05) is 0 Å². The number of ether oxygens (including phenoxy) is 1. The number of hydrogen-bond donors (Lipinski definition) is 1. The first-order valence-electron chi connectivity index (χ1n) is 5.25. The van der Waals surface area contributed by atoms with Crippen LogP contribution in [0.3, 0.4) is 0 Å². The van der Waals surface area contributed by atoms with Gasteiger partial charge in [-0.1, -0.05) is 17.3 Å². The van der Waals surface area contributed by atoms with Crippen molar-refractivity contribution < 1.29 is 23.0 Å². The van der Waals surface area contributed by atoms with E-state index in [9.17, 15) is 18.3 Å². The van der Waals surface area contributed by atoms with Gasteiger partial charge in [0.05, 0.1) is 11.9 Å². The molecule has 102 valence electrons. The molecule has 2 aromatic rings. The van der Waals surface area contributed by atoms with Crippen LogP contribution in [0.15, 0.2) is 30.5 Å². The number of benzene rings is 1. The van der Waals surface area contributed by atoms with Gasteiger partial charge in [-0.25, -0.2) is 4.68 Å². The lowest BCUT2D eigenvalue weighted by molar-refractivity contribution is -0.274. The molecule has 1 N–H and O–H groups in total. The summed E-state index contributed by atoms with van der Waals surface area (Å²) >= 11 is 0. The fourth-order valence-electron chi connectivity index (χ4n) is 1.60. The molecule has 0 bridgehead atoms. The Bertz CT molecular complexity index is 568. The monoisotopic (exact) mass is 273 g/mol. The second-order valence-electron chi connectivity index (χ2n) is 3.81. The molecule has 0 saturated heterocycles. The van der Waals surface area contributed by atoms with E-state index in [-0.39, 0.29) is 11.3 Å². The van der Waals surface area contributed by atoms with Gasteiger partial charge in [0, 0.05) is 7.05 Å². The molecule has 1 unspecified atom stereocenters. The summed E-state index contributed by atoms with van der Waals surface area (Å²) in [5, 5.41) is 17.3. The van der Waals surface area contributed by atoms with Gasteiger partial charge in [0.15, 0.2) is 0 Å². The molecule has 0 aliphatic carbocycles. The third kappa shape index (κ3) is 3.22. The van der Waals surface area contributed by atoms with Gasteiger partial charge in [-0.3, -0.25) is 0 Å². The molecule has 1 aromatic carbocycles. The molecule has 0 amide bonds. The van der Waals surface area contributed by atoms with Crippen molar-refractivity contribution in [2.45, 2.75) is 12.5 Å². The molecule has 0 radical (unpaired) electrons. The third-order valence-electron chi connectivity index (χ3n) is 2.44. The van der Waals surface area contributed by atoms with Crippen LogP contribution < -0.4 is 4.74 Å². The lowest BCUT2D eigenvalue weighted by Crippen LogP contribution is -2.17. The molecule has 5 nitrogen and oxygen atoms in total. The number of hydrogen-bond acceptors (Lipinski definition) is 4. The van der Waals surface area contributed by atoms with E-state index >= 15 is 0 Å². The standard InChI is InChI=1S/C11H10F3N3O2/c1-17-9(6-15-16-17)10(18)7-3-2-4-8(5-7)19-11(12,13)14/h2-6,10,18H,1H3. The first-order chi connectivity index (χ1) is 8.87. The van der Waals surface area contributed by atoms with Crippen LogP contribution in [0.25, 0.3) is 0 Å². The maximum absolute atomic E-state index is 12.1. The predicted octanol–water partition coefficient (Wildman–Crippen LogP) is 1.80. The molecule has 0 spiro atoms. The Morgan fingerprint density at radius 3 is 2.68 bits per heavy atom. The third-order valence-corrected chi connectivity index (χ3v) is 2.44. The van der Waals surface area contributed by atoms with Crippen molar-refractivity contribution in [2.24, 2.45) is 7.05 Å². The molecule has 0 saturated carbocycles. The van der Waals surface area contributed by atoms with Crippen LogP contribution in [-0.4, -0.2) is 26.5 Å². The molecular weight excluding hydrogens is 263 g/mol. The van der Waals surface area contributed by atoms with Gasteiger partial charge in [0.2, 0.25) is 0 Å². The van der Waals surface area contributed by atoms with Crippen LogP contribution in [0, 0.1) is 0 Å². The van der Waals surface area contributed by atoms with Gasteiger partial charge in [-0.05, 0) is 17.7 Å². The van der Waals surface area contributed by atoms with Crippen LogP contribution in [0.1, 0.15) is 17.4 Å². The van der Waals surface area contributed by atoms with Gasteiger partial charge in [0.1, 0.15) is 11.9 Å². The SMILES string of the molecule is Cn1nncc1C(O)c1cccc(OC(F)(F)F)c1. The lowest BCUT2D eigenvalue weighted by atomic mass is 10.1. The summed E-state index contributed by atoms with van der Waals surface area (Å²) in [5.74, 6) is -0.390. The number of rotatable bonds is 3. The molecule has 19 heavy (non-hydrogen) atoms. The number of aliphatic hydroxyl groups excluding tert-OH is 1. The average Bonchev–Trinajstić information content (AvgIpc) is 2.72. The zero-order valence-electron chi connectivity index (χ0n) is 9.80. The minimum atomic E-state index is -4.77. The summed E-state index contributed by atoms with van der Waals surface area (Å²) in [4.78, 5) is 0. The van der Waals surface area contributed by atoms with E-state index in [4.69, 9.17) is 0 Å². The van der Waals surface area contributed by atoms with E-state index in [1.165, 1.54) is 23.0 Å². The first-order valence-corrected chi connectivity index (χ1v) is 5.25. The average molecular weight is 273 g/mol. The highest BCUT2D eigenvalue weighted by molar-refractivity contribution is 5.33. The quantitative estimate of drug-likeness (QED) is 0.926. The zero-order chi connectivity index (χ0) is 14.0. The van der Waals surface area contributed by atoms with E-state index in [1.54, 1.807) is 7.05 Å². The van der Waals surface area contributed by atoms with Crippen LogP contribution >= 0.6 is 0 Å². The van der Waals surface area contributed by atoms with E-state index < -0.39 is 12.5 Å². The van der Waals surface area contributed by atoms with E-state index in [0.717, 1.165) is 12.1 Å². The topological polar surface area (TPSA) is 60.2 Å². The van der Waals surface area contributed by atoms with Crippen molar-refractivity contribution in [3.8, 4) is 5.75 Å². The molecule has 1 atom stereocenters. The van der Waals surface area contributed by atoms with Gasteiger partial charge in [0.25, 0.3) is 0 Å². The molecule has 0 fully saturated rings. The predicted molar refractivity (Wildman–Crippen MR) is 58.2 cm³/mol. The maximum atomic E-state index is 12.1. The molecule has 2 rings (SSSR count). The van der Waals surface area contributed by atoms with E-state index in [2.05, 4.69) is 15.0 Å². The molecule has 0 aliphatic heterocycles. The Morgan fingerprint density at radius 1 is 1.37 bits per heavy atom. The lowest BCUT2D eigenvalue weighted by Gasteiger charge is -2.13. The van der Waals surface area contributed by atoms with Gasteiger partial charge in [-0.15, -0.1) is 18.3 Å². The van der Waals surface area contributed by atoms with Crippen molar-refractivity contribution >= 4 is 0 Å². The second kappa shape index (κ2) is 4.88. The molecular formula is C11H10F3N3O2. The summed E-state index contributed by atoms with van der Waals surface area (Å²) in [6, 6.07) is 5.13. The molecule has 8 heteroatoms. The molecule has 1 aromatic heterocycles. The van der Waals surface area contributed by atoms with Crippen molar-refractivity contribution in [1.29, 1.82) is 0 Å². The number of halogens is 3. The molecule has 0 aliphatic rings. The van der Waals surface area contributed by atoms with Gasteiger partial charge < -0.3 is 9.84 Å². The fourth-order valence-corrected chi connectivity index (χ4v) is 1.60. The number of nitrogens with zero attached hydrogens (tertiary/aromatic N) is 3. The summed E-state index contributed by atoms with van der Waals surface area (Å²) in [5.41, 5.74) is 0.622. The zero-order valence-corrected chi connectivity index (χ0v) is 9.80. The Labute approximate surface area is 106 Å². The Kier molecular flexibility index (Phi) is 3.43. The normalized spacial score (nSPS) is 13.3. The second-order valence-corrected chi connectivity index (χ2v) is 3.81. The van der Waals surface area contributed by atoms with Crippen LogP contribution in [0.4, 0.5) is 13.2 Å². The number of aromatic nitrogens is 3. The van der Waals surface area contributed by atoms with Crippen molar-refractivity contribution in [1.82, 2.24) is 15.0 Å². The highest BCUT2D eigenvalue weighted by atomic mass is 19.4. The van der Waals surface area contributed by atoms with E-state index in [0.29, 0.717) is 5.69 Å². The maximum Gasteiger partial charge on any atom is 0.573 e.